The smallest absolute Gasteiger partial charge is 0.375 e. The largest absolute Gasteiger partial charge is 0.457 e. The molecule has 0 bridgehead atoms. The zero-order valence-electron chi connectivity index (χ0n) is 11.3. The molecule has 3 rings (SSSR count). The first kappa shape index (κ1) is 13.4. The minimum absolute atomic E-state index is 0.0788. The number of amides is 1. The van der Waals surface area contributed by atoms with Crippen LogP contribution in [0.2, 0.25) is 0 Å². The third kappa shape index (κ3) is 3.31. The van der Waals surface area contributed by atoms with Gasteiger partial charge in [0.1, 0.15) is 0 Å². The summed E-state index contributed by atoms with van der Waals surface area (Å²) in [5.74, 6) is -0.876. The Labute approximate surface area is 121 Å². The lowest BCUT2D eigenvalue weighted by molar-refractivity contribution is -0.130. The van der Waals surface area contributed by atoms with Gasteiger partial charge in [-0.25, -0.2) is 4.79 Å². The van der Waals surface area contributed by atoms with E-state index in [2.05, 4.69) is 5.32 Å². The lowest BCUT2D eigenvalue weighted by Crippen LogP contribution is -2.33. The standard InChI is InChI=1S/C16H15NO4/c18-15(17-12-8-9-12)14(11-5-2-1-3-6-11)21-16(19)13-7-4-10-20-13/h1-7,10,12,14H,8-9H2,(H,17,18)/t14-/m0/s1. The Kier molecular flexibility index (Phi) is 3.73. The molecule has 1 saturated carbocycles. The summed E-state index contributed by atoms with van der Waals surface area (Å²) < 4.78 is 10.3. The minimum Gasteiger partial charge on any atom is -0.457 e. The van der Waals surface area contributed by atoms with E-state index in [1.807, 2.05) is 6.07 Å². The van der Waals surface area contributed by atoms with Gasteiger partial charge in [0.2, 0.25) is 11.9 Å². The van der Waals surface area contributed by atoms with E-state index in [0.29, 0.717) is 5.56 Å². The molecular weight excluding hydrogens is 270 g/mol. The van der Waals surface area contributed by atoms with Gasteiger partial charge < -0.3 is 14.5 Å². The number of carbonyl (C=O) groups excluding carboxylic acids is 2. The van der Waals surface area contributed by atoms with Gasteiger partial charge in [-0.1, -0.05) is 30.3 Å². The number of furan rings is 1. The van der Waals surface area contributed by atoms with Crippen molar-refractivity contribution >= 4 is 11.9 Å². The van der Waals surface area contributed by atoms with Crippen LogP contribution in [-0.4, -0.2) is 17.9 Å². The summed E-state index contributed by atoms with van der Waals surface area (Å²) in [6.45, 7) is 0. The number of carbonyl (C=O) groups is 2. The fourth-order valence-electron chi connectivity index (χ4n) is 1.97. The molecule has 5 nitrogen and oxygen atoms in total. The highest BCUT2D eigenvalue weighted by atomic mass is 16.6. The van der Waals surface area contributed by atoms with Crippen molar-refractivity contribution in [1.82, 2.24) is 5.32 Å². The molecule has 0 spiro atoms. The van der Waals surface area contributed by atoms with Gasteiger partial charge in [0.25, 0.3) is 5.91 Å². The molecule has 0 saturated heterocycles. The zero-order chi connectivity index (χ0) is 14.7. The van der Waals surface area contributed by atoms with Crippen molar-refractivity contribution in [3.8, 4) is 0 Å². The van der Waals surface area contributed by atoms with E-state index < -0.39 is 12.1 Å². The summed E-state index contributed by atoms with van der Waals surface area (Å²) >= 11 is 0. The number of benzene rings is 1. The van der Waals surface area contributed by atoms with Crippen molar-refractivity contribution in [1.29, 1.82) is 0 Å². The minimum atomic E-state index is -0.968. The Morgan fingerprint density at radius 3 is 2.52 bits per heavy atom. The van der Waals surface area contributed by atoms with Crippen LogP contribution in [-0.2, 0) is 9.53 Å². The van der Waals surface area contributed by atoms with Gasteiger partial charge in [0.15, 0.2) is 0 Å². The van der Waals surface area contributed by atoms with Crippen molar-refractivity contribution in [2.45, 2.75) is 25.0 Å². The Morgan fingerprint density at radius 1 is 1.14 bits per heavy atom. The second-order valence-corrected chi connectivity index (χ2v) is 4.96. The van der Waals surface area contributed by atoms with Crippen molar-refractivity contribution in [3.05, 3.63) is 60.1 Å². The molecule has 21 heavy (non-hydrogen) atoms. The van der Waals surface area contributed by atoms with Crippen LogP contribution in [0, 0.1) is 0 Å². The van der Waals surface area contributed by atoms with Gasteiger partial charge >= 0.3 is 5.97 Å². The monoisotopic (exact) mass is 285 g/mol. The first-order chi connectivity index (χ1) is 10.2. The number of hydrogen-bond acceptors (Lipinski definition) is 4. The average molecular weight is 285 g/mol. The molecule has 1 aromatic carbocycles. The Morgan fingerprint density at radius 2 is 1.90 bits per heavy atom. The van der Waals surface area contributed by atoms with Crippen molar-refractivity contribution < 1.29 is 18.7 Å². The quantitative estimate of drug-likeness (QED) is 0.857. The summed E-state index contributed by atoms with van der Waals surface area (Å²) in [6, 6.07) is 12.3. The van der Waals surface area contributed by atoms with Crippen molar-refractivity contribution in [2.75, 3.05) is 0 Å². The third-order valence-corrected chi connectivity index (χ3v) is 3.21. The lowest BCUT2D eigenvalue weighted by Gasteiger charge is -2.17. The SMILES string of the molecule is O=C(O[C@H](C(=O)NC1CC1)c1ccccc1)c1ccco1. The lowest BCUT2D eigenvalue weighted by atomic mass is 10.1. The first-order valence-electron chi connectivity index (χ1n) is 6.84. The van der Waals surface area contributed by atoms with Crippen molar-refractivity contribution in [2.24, 2.45) is 0 Å². The molecule has 108 valence electrons. The maximum Gasteiger partial charge on any atom is 0.375 e. The predicted octanol–water partition coefficient (Wildman–Crippen LogP) is 2.46. The summed E-state index contributed by atoms with van der Waals surface area (Å²) in [7, 11) is 0. The van der Waals surface area contributed by atoms with E-state index in [1.54, 1.807) is 30.3 Å². The van der Waals surface area contributed by atoms with Gasteiger partial charge in [0.05, 0.1) is 6.26 Å². The molecule has 1 aliphatic rings. The van der Waals surface area contributed by atoms with Crippen LogP contribution in [0.25, 0.3) is 0 Å². The van der Waals surface area contributed by atoms with Gasteiger partial charge in [0, 0.05) is 11.6 Å². The fraction of sp³-hybridized carbons (Fsp3) is 0.250. The van der Waals surface area contributed by atoms with E-state index in [4.69, 9.17) is 9.15 Å². The molecule has 5 heteroatoms. The second kappa shape index (κ2) is 5.83. The fourth-order valence-corrected chi connectivity index (χ4v) is 1.97. The molecule has 1 amide bonds. The first-order valence-corrected chi connectivity index (χ1v) is 6.84. The highest BCUT2D eigenvalue weighted by molar-refractivity contribution is 5.90. The molecule has 1 atom stereocenters. The number of rotatable bonds is 5. The summed E-state index contributed by atoms with van der Waals surface area (Å²) in [6.07, 6.45) is 2.36. The topological polar surface area (TPSA) is 68.5 Å². The van der Waals surface area contributed by atoms with E-state index in [9.17, 15) is 9.59 Å². The molecule has 1 heterocycles. The predicted molar refractivity (Wildman–Crippen MR) is 74.5 cm³/mol. The van der Waals surface area contributed by atoms with Crippen LogP contribution >= 0.6 is 0 Å². The third-order valence-electron chi connectivity index (χ3n) is 3.21. The van der Waals surface area contributed by atoms with E-state index in [-0.39, 0.29) is 17.7 Å². The van der Waals surface area contributed by atoms with Gasteiger partial charge in [-0.2, -0.15) is 0 Å². The summed E-state index contributed by atoms with van der Waals surface area (Å²) in [5.41, 5.74) is 0.635. The summed E-state index contributed by atoms with van der Waals surface area (Å²) in [4.78, 5) is 24.3. The Bertz CT molecular complexity index is 617. The number of nitrogens with one attached hydrogen (secondary N) is 1. The Hall–Kier alpha value is -2.56. The molecule has 1 fully saturated rings. The average Bonchev–Trinajstić information content (AvgIpc) is 3.15. The zero-order valence-corrected chi connectivity index (χ0v) is 11.3. The van der Waals surface area contributed by atoms with Crippen LogP contribution in [0.5, 0.6) is 0 Å². The van der Waals surface area contributed by atoms with E-state index >= 15 is 0 Å². The molecule has 0 unspecified atom stereocenters. The molecular formula is C16H15NO4. The van der Waals surface area contributed by atoms with Crippen LogP contribution in [0.3, 0.4) is 0 Å². The van der Waals surface area contributed by atoms with Crippen LogP contribution in [0.1, 0.15) is 35.1 Å². The molecule has 1 aliphatic carbocycles. The summed E-state index contributed by atoms with van der Waals surface area (Å²) in [5, 5.41) is 2.86. The van der Waals surface area contributed by atoms with Gasteiger partial charge in [-0.15, -0.1) is 0 Å². The van der Waals surface area contributed by atoms with Gasteiger partial charge in [-0.05, 0) is 25.0 Å². The van der Waals surface area contributed by atoms with Gasteiger partial charge in [-0.3, -0.25) is 4.79 Å². The van der Waals surface area contributed by atoms with E-state index in [0.717, 1.165) is 12.8 Å². The normalized spacial score (nSPS) is 15.2. The molecule has 1 N–H and O–H groups in total. The molecule has 1 aromatic heterocycles. The number of esters is 1. The van der Waals surface area contributed by atoms with E-state index in [1.165, 1.54) is 12.3 Å². The van der Waals surface area contributed by atoms with Crippen LogP contribution in [0.15, 0.2) is 53.1 Å². The maximum absolute atomic E-state index is 12.3. The van der Waals surface area contributed by atoms with Crippen LogP contribution in [0.4, 0.5) is 0 Å². The highest BCUT2D eigenvalue weighted by Crippen LogP contribution is 2.24. The molecule has 2 aromatic rings. The molecule has 0 radical (unpaired) electrons. The van der Waals surface area contributed by atoms with Crippen LogP contribution < -0.4 is 5.32 Å². The second-order valence-electron chi connectivity index (χ2n) is 4.96. The highest BCUT2D eigenvalue weighted by Gasteiger charge is 2.31. The van der Waals surface area contributed by atoms with Crippen molar-refractivity contribution in [3.63, 3.8) is 0 Å². The number of hydrogen-bond donors (Lipinski definition) is 1. The molecule has 0 aliphatic heterocycles. The maximum atomic E-state index is 12.3. The Balaban J connectivity index is 1.78. The number of ether oxygens (including phenoxy) is 1.